The third kappa shape index (κ3) is 4.46. The Morgan fingerprint density at radius 3 is 2.25 bits per heavy atom. The molecule has 0 aliphatic carbocycles. The van der Waals surface area contributed by atoms with Crippen molar-refractivity contribution in [1.29, 1.82) is 0 Å². The zero-order chi connectivity index (χ0) is 20.5. The summed E-state index contributed by atoms with van der Waals surface area (Å²) in [4.78, 5) is 8.22. The number of benzene rings is 2. The molecular formula is C18H15F3N4O2S. The number of sulfonamides is 1. The van der Waals surface area contributed by atoms with Crippen molar-refractivity contribution in [3.05, 3.63) is 66.0 Å². The van der Waals surface area contributed by atoms with Crippen LogP contribution in [0.15, 0.2) is 59.8 Å². The highest BCUT2D eigenvalue weighted by atomic mass is 32.2. The molecule has 3 rings (SSSR count). The Kier molecular flexibility index (Phi) is 5.09. The van der Waals surface area contributed by atoms with E-state index in [1.165, 1.54) is 30.6 Å². The van der Waals surface area contributed by atoms with E-state index in [4.69, 9.17) is 5.14 Å². The topological polar surface area (TPSA) is 98.0 Å². The number of alkyl halides is 3. The predicted molar refractivity (Wildman–Crippen MR) is 98.3 cm³/mol. The van der Waals surface area contributed by atoms with Gasteiger partial charge >= 0.3 is 6.18 Å². The molecule has 0 radical (unpaired) electrons. The Labute approximate surface area is 159 Å². The lowest BCUT2D eigenvalue weighted by molar-refractivity contribution is -0.137. The van der Waals surface area contributed by atoms with Crippen molar-refractivity contribution in [3.8, 4) is 11.1 Å². The quantitative estimate of drug-likeness (QED) is 0.683. The standard InChI is InChI=1S/C18H15F3N4O2S/c1-11-7-12(5-6-16(11)28(22,26)27)13-9-23-17(24-10-13)25-15-4-2-3-14(8-15)18(19,20)21/h2-10H,1H3,(H2,22,26,27)(H,23,24,25). The maximum Gasteiger partial charge on any atom is 0.416 e. The van der Waals surface area contributed by atoms with Crippen LogP contribution in [0.25, 0.3) is 11.1 Å². The molecule has 0 bridgehead atoms. The molecule has 2 aromatic carbocycles. The number of anilines is 2. The SMILES string of the molecule is Cc1cc(-c2cnc(Nc3cccc(C(F)(F)F)c3)nc2)ccc1S(N)(=O)=O. The number of rotatable bonds is 4. The third-order valence-corrected chi connectivity index (χ3v) is 4.98. The van der Waals surface area contributed by atoms with Gasteiger partial charge < -0.3 is 5.32 Å². The molecule has 1 heterocycles. The van der Waals surface area contributed by atoms with Crippen LogP contribution in [0.3, 0.4) is 0 Å². The molecule has 0 amide bonds. The van der Waals surface area contributed by atoms with Crippen molar-refractivity contribution in [2.75, 3.05) is 5.32 Å². The van der Waals surface area contributed by atoms with E-state index in [2.05, 4.69) is 15.3 Å². The van der Waals surface area contributed by atoms with Crippen LogP contribution >= 0.6 is 0 Å². The van der Waals surface area contributed by atoms with Gasteiger partial charge in [0.2, 0.25) is 16.0 Å². The number of hydrogen-bond donors (Lipinski definition) is 2. The molecule has 1 aromatic heterocycles. The molecule has 28 heavy (non-hydrogen) atoms. The molecule has 6 nitrogen and oxygen atoms in total. The normalized spacial score (nSPS) is 12.0. The molecule has 0 unspecified atom stereocenters. The molecule has 3 aromatic rings. The molecular weight excluding hydrogens is 393 g/mol. The lowest BCUT2D eigenvalue weighted by atomic mass is 10.1. The van der Waals surface area contributed by atoms with Gasteiger partial charge in [-0.05, 0) is 48.4 Å². The minimum Gasteiger partial charge on any atom is -0.324 e. The number of aryl methyl sites for hydroxylation is 1. The molecule has 0 fully saturated rings. The number of hydrogen-bond acceptors (Lipinski definition) is 5. The van der Waals surface area contributed by atoms with E-state index in [1.54, 1.807) is 19.1 Å². The van der Waals surface area contributed by atoms with Gasteiger partial charge in [-0.3, -0.25) is 0 Å². The van der Waals surface area contributed by atoms with Crippen molar-refractivity contribution in [2.45, 2.75) is 18.0 Å². The Balaban J connectivity index is 1.82. The Bertz CT molecular complexity index is 1110. The van der Waals surface area contributed by atoms with Crippen LogP contribution in [0.1, 0.15) is 11.1 Å². The van der Waals surface area contributed by atoms with Crippen LogP contribution < -0.4 is 10.5 Å². The molecule has 0 saturated carbocycles. The molecule has 0 spiro atoms. The van der Waals surface area contributed by atoms with E-state index in [0.717, 1.165) is 12.1 Å². The maximum atomic E-state index is 12.8. The van der Waals surface area contributed by atoms with Crippen LogP contribution in [0.2, 0.25) is 0 Å². The van der Waals surface area contributed by atoms with Gasteiger partial charge in [0.05, 0.1) is 10.5 Å². The fourth-order valence-electron chi connectivity index (χ4n) is 2.59. The third-order valence-electron chi connectivity index (χ3n) is 3.91. The zero-order valence-electron chi connectivity index (χ0n) is 14.5. The minimum atomic E-state index is -4.44. The Morgan fingerprint density at radius 2 is 1.68 bits per heavy atom. The number of primary sulfonamides is 1. The van der Waals surface area contributed by atoms with Crippen LogP contribution in [0.5, 0.6) is 0 Å². The van der Waals surface area contributed by atoms with E-state index in [9.17, 15) is 21.6 Å². The lowest BCUT2D eigenvalue weighted by Gasteiger charge is -2.10. The van der Waals surface area contributed by atoms with E-state index >= 15 is 0 Å². The van der Waals surface area contributed by atoms with Crippen molar-refractivity contribution < 1.29 is 21.6 Å². The number of nitrogens with one attached hydrogen (secondary N) is 1. The van der Waals surface area contributed by atoms with Gasteiger partial charge in [0.15, 0.2) is 0 Å². The van der Waals surface area contributed by atoms with E-state index in [1.807, 2.05) is 0 Å². The molecule has 0 atom stereocenters. The summed E-state index contributed by atoms with van der Waals surface area (Å²) < 4.78 is 61.3. The van der Waals surface area contributed by atoms with E-state index in [0.29, 0.717) is 16.7 Å². The number of aromatic nitrogens is 2. The number of halogens is 3. The van der Waals surface area contributed by atoms with Crippen molar-refractivity contribution in [1.82, 2.24) is 9.97 Å². The van der Waals surface area contributed by atoms with Crippen LogP contribution in [0.4, 0.5) is 24.8 Å². The number of nitrogens with two attached hydrogens (primary N) is 1. The predicted octanol–water partition coefficient (Wildman–Crippen LogP) is 3.86. The summed E-state index contributed by atoms with van der Waals surface area (Å²) in [5, 5.41) is 7.86. The monoisotopic (exact) mass is 408 g/mol. The summed E-state index contributed by atoms with van der Waals surface area (Å²) in [5.74, 6) is 0.126. The highest BCUT2D eigenvalue weighted by Gasteiger charge is 2.30. The first-order valence-electron chi connectivity index (χ1n) is 7.94. The zero-order valence-corrected chi connectivity index (χ0v) is 15.3. The van der Waals surface area contributed by atoms with Crippen molar-refractivity contribution in [2.24, 2.45) is 5.14 Å². The fourth-order valence-corrected chi connectivity index (χ4v) is 3.36. The number of nitrogens with zero attached hydrogens (tertiary/aromatic N) is 2. The highest BCUT2D eigenvalue weighted by Crippen LogP contribution is 2.31. The summed E-state index contributed by atoms with van der Waals surface area (Å²) >= 11 is 0. The second-order valence-electron chi connectivity index (χ2n) is 6.02. The lowest BCUT2D eigenvalue weighted by Crippen LogP contribution is -2.13. The average Bonchev–Trinajstić information content (AvgIpc) is 2.61. The molecule has 0 aliphatic heterocycles. The van der Waals surface area contributed by atoms with Crippen LogP contribution in [-0.4, -0.2) is 18.4 Å². The van der Waals surface area contributed by atoms with E-state index in [-0.39, 0.29) is 16.5 Å². The van der Waals surface area contributed by atoms with E-state index < -0.39 is 21.8 Å². The summed E-state index contributed by atoms with van der Waals surface area (Å²) in [6.07, 6.45) is -1.48. The van der Waals surface area contributed by atoms with Crippen LogP contribution in [-0.2, 0) is 16.2 Å². The summed E-state index contributed by atoms with van der Waals surface area (Å²) in [6, 6.07) is 9.31. The molecule has 0 aliphatic rings. The largest absolute Gasteiger partial charge is 0.416 e. The fraction of sp³-hybridized carbons (Fsp3) is 0.111. The second kappa shape index (κ2) is 7.21. The van der Waals surface area contributed by atoms with Crippen LogP contribution in [0, 0.1) is 6.92 Å². The van der Waals surface area contributed by atoms with Crippen molar-refractivity contribution in [3.63, 3.8) is 0 Å². The molecule has 0 saturated heterocycles. The Hall–Kier alpha value is -2.98. The van der Waals surface area contributed by atoms with Gasteiger partial charge in [0, 0.05) is 23.6 Å². The van der Waals surface area contributed by atoms with Gasteiger partial charge in [-0.2, -0.15) is 13.2 Å². The average molecular weight is 408 g/mol. The molecule has 3 N–H and O–H groups in total. The second-order valence-corrected chi connectivity index (χ2v) is 7.55. The smallest absolute Gasteiger partial charge is 0.324 e. The van der Waals surface area contributed by atoms with Gasteiger partial charge in [0.25, 0.3) is 0 Å². The first-order valence-corrected chi connectivity index (χ1v) is 9.49. The Morgan fingerprint density at radius 1 is 1.00 bits per heavy atom. The summed E-state index contributed by atoms with van der Waals surface area (Å²) in [5.41, 5.74) is 1.19. The molecule has 146 valence electrons. The minimum absolute atomic E-state index is 0.0278. The van der Waals surface area contributed by atoms with Crippen molar-refractivity contribution >= 4 is 21.7 Å². The summed E-state index contributed by atoms with van der Waals surface area (Å²) in [6.45, 7) is 1.62. The van der Waals surface area contributed by atoms with Gasteiger partial charge in [0.1, 0.15) is 0 Å². The highest BCUT2D eigenvalue weighted by molar-refractivity contribution is 7.89. The van der Waals surface area contributed by atoms with Gasteiger partial charge in [-0.25, -0.2) is 23.5 Å². The first kappa shape index (κ1) is 19.8. The first-order chi connectivity index (χ1) is 13.0. The maximum absolute atomic E-state index is 12.8. The van der Waals surface area contributed by atoms with Gasteiger partial charge in [-0.15, -0.1) is 0 Å². The summed E-state index contributed by atoms with van der Waals surface area (Å²) in [7, 11) is -3.81. The molecule has 10 heteroatoms. The van der Waals surface area contributed by atoms with Gasteiger partial charge in [-0.1, -0.05) is 12.1 Å².